The molecular formula is C17H19N3O3. The predicted molar refractivity (Wildman–Crippen MR) is 84.7 cm³/mol. The highest BCUT2D eigenvalue weighted by molar-refractivity contribution is 5.96. The van der Waals surface area contributed by atoms with E-state index < -0.39 is 17.4 Å². The molecule has 0 bridgehead atoms. The first kappa shape index (κ1) is 15.3. The normalized spacial score (nSPS) is 15.7. The van der Waals surface area contributed by atoms with Crippen LogP contribution in [0.1, 0.15) is 41.0 Å². The van der Waals surface area contributed by atoms with E-state index >= 15 is 0 Å². The third kappa shape index (κ3) is 2.72. The van der Waals surface area contributed by atoms with Crippen LogP contribution in [0.4, 0.5) is 0 Å². The van der Waals surface area contributed by atoms with Crippen molar-refractivity contribution in [3.8, 4) is 5.69 Å². The number of aromatic nitrogens is 2. The molecule has 1 aromatic carbocycles. The van der Waals surface area contributed by atoms with E-state index in [-0.39, 0.29) is 5.69 Å². The van der Waals surface area contributed by atoms with Crippen molar-refractivity contribution in [3.63, 3.8) is 0 Å². The number of benzene rings is 1. The average Bonchev–Trinajstić information content (AvgIpc) is 2.85. The summed E-state index contributed by atoms with van der Waals surface area (Å²) in [4.78, 5) is 23.7. The number of nitrogens with zero attached hydrogens (tertiary/aromatic N) is 2. The topological polar surface area (TPSA) is 84.2 Å². The number of carboxylic acid groups (broad SMARTS) is 1. The number of carboxylic acids is 1. The van der Waals surface area contributed by atoms with Crippen molar-refractivity contribution in [2.45, 2.75) is 38.6 Å². The second kappa shape index (κ2) is 5.53. The molecule has 0 saturated heterocycles. The van der Waals surface area contributed by atoms with Crippen molar-refractivity contribution in [2.75, 3.05) is 0 Å². The quantitative estimate of drug-likeness (QED) is 0.906. The van der Waals surface area contributed by atoms with Crippen LogP contribution >= 0.6 is 0 Å². The highest BCUT2D eigenvalue weighted by Gasteiger charge is 2.46. The molecule has 1 fully saturated rings. The summed E-state index contributed by atoms with van der Waals surface area (Å²) < 4.78 is 1.68. The van der Waals surface area contributed by atoms with Crippen molar-refractivity contribution in [1.29, 1.82) is 0 Å². The summed E-state index contributed by atoms with van der Waals surface area (Å²) in [6.45, 7) is 3.86. The first-order valence-electron chi connectivity index (χ1n) is 7.61. The predicted octanol–water partition coefficient (Wildman–Crippen LogP) is 2.23. The van der Waals surface area contributed by atoms with Crippen LogP contribution in [0.3, 0.4) is 0 Å². The number of aryl methyl sites for hydroxylation is 2. The fraction of sp³-hybridized carbons (Fsp3) is 0.353. The maximum absolute atomic E-state index is 12.4. The Bertz CT molecular complexity index is 758. The Morgan fingerprint density at radius 3 is 2.39 bits per heavy atom. The maximum atomic E-state index is 12.4. The number of carbonyl (C=O) groups excluding carboxylic acids is 1. The lowest BCUT2D eigenvalue weighted by Crippen LogP contribution is -2.59. The zero-order valence-electron chi connectivity index (χ0n) is 13.2. The van der Waals surface area contributed by atoms with E-state index in [0.717, 1.165) is 23.4 Å². The Kier molecular flexibility index (Phi) is 3.67. The molecule has 1 aliphatic carbocycles. The van der Waals surface area contributed by atoms with E-state index in [1.807, 2.05) is 38.1 Å². The second-order valence-corrected chi connectivity index (χ2v) is 6.11. The Morgan fingerprint density at radius 2 is 1.87 bits per heavy atom. The van der Waals surface area contributed by atoms with Crippen LogP contribution in [0.25, 0.3) is 5.69 Å². The lowest BCUT2D eigenvalue weighted by Gasteiger charge is -2.37. The molecule has 6 nitrogen and oxygen atoms in total. The van der Waals surface area contributed by atoms with Crippen LogP contribution in [-0.2, 0) is 4.79 Å². The minimum absolute atomic E-state index is 0.232. The Morgan fingerprint density at radius 1 is 1.22 bits per heavy atom. The molecule has 6 heteroatoms. The maximum Gasteiger partial charge on any atom is 0.329 e. The van der Waals surface area contributed by atoms with Crippen LogP contribution in [0.2, 0.25) is 0 Å². The lowest BCUT2D eigenvalue weighted by molar-refractivity contribution is -0.148. The molecule has 2 N–H and O–H groups in total. The molecule has 1 amide bonds. The van der Waals surface area contributed by atoms with E-state index in [4.69, 9.17) is 0 Å². The summed E-state index contributed by atoms with van der Waals surface area (Å²) in [7, 11) is 0. The van der Waals surface area contributed by atoms with Crippen LogP contribution < -0.4 is 5.32 Å². The molecule has 1 saturated carbocycles. The van der Waals surface area contributed by atoms with Crippen LogP contribution in [-0.4, -0.2) is 32.3 Å². The summed E-state index contributed by atoms with van der Waals surface area (Å²) in [5.41, 5.74) is 1.93. The number of hydrogen-bond acceptors (Lipinski definition) is 3. The van der Waals surface area contributed by atoms with Gasteiger partial charge < -0.3 is 10.4 Å². The van der Waals surface area contributed by atoms with Gasteiger partial charge in [0.1, 0.15) is 5.54 Å². The number of carbonyl (C=O) groups is 2. The van der Waals surface area contributed by atoms with Crippen molar-refractivity contribution in [1.82, 2.24) is 15.1 Å². The van der Waals surface area contributed by atoms with Gasteiger partial charge in [-0.3, -0.25) is 4.79 Å². The minimum Gasteiger partial charge on any atom is -0.480 e. The molecule has 23 heavy (non-hydrogen) atoms. The van der Waals surface area contributed by atoms with Gasteiger partial charge in [-0.2, -0.15) is 5.10 Å². The largest absolute Gasteiger partial charge is 0.480 e. The fourth-order valence-corrected chi connectivity index (χ4v) is 2.74. The van der Waals surface area contributed by atoms with Gasteiger partial charge in [0.15, 0.2) is 5.69 Å². The molecule has 120 valence electrons. The van der Waals surface area contributed by atoms with Crippen molar-refractivity contribution in [3.05, 3.63) is 47.3 Å². The molecule has 1 aromatic heterocycles. The Hall–Kier alpha value is -2.63. The smallest absolute Gasteiger partial charge is 0.329 e. The number of hydrogen-bond donors (Lipinski definition) is 2. The van der Waals surface area contributed by atoms with Gasteiger partial charge in [-0.1, -0.05) is 17.7 Å². The molecular weight excluding hydrogens is 294 g/mol. The molecule has 0 atom stereocenters. The van der Waals surface area contributed by atoms with Crippen molar-refractivity contribution < 1.29 is 14.7 Å². The van der Waals surface area contributed by atoms with E-state index in [9.17, 15) is 14.7 Å². The average molecular weight is 313 g/mol. The lowest BCUT2D eigenvalue weighted by atomic mass is 9.76. The van der Waals surface area contributed by atoms with Gasteiger partial charge in [-0.05, 0) is 51.3 Å². The van der Waals surface area contributed by atoms with Gasteiger partial charge in [0.2, 0.25) is 0 Å². The highest BCUT2D eigenvalue weighted by atomic mass is 16.4. The number of amides is 1. The zero-order valence-corrected chi connectivity index (χ0v) is 13.2. The van der Waals surface area contributed by atoms with Gasteiger partial charge >= 0.3 is 5.97 Å². The minimum atomic E-state index is -1.13. The zero-order chi connectivity index (χ0) is 16.6. The number of rotatable bonds is 4. The fourth-order valence-electron chi connectivity index (χ4n) is 2.74. The highest BCUT2D eigenvalue weighted by Crippen LogP contribution is 2.32. The SMILES string of the molecule is Cc1ccc(-n2nc(C(=O)NC3(C(=O)O)CCC3)cc2C)cc1. The second-order valence-electron chi connectivity index (χ2n) is 6.11. The third-order valence-corrected chi connectivity index (χ3v) is 4.37. The van der Waals surface area contributed by atoms with Gasteiger partial charge in [-0.25, -0.2) is 9.48 Å². The van der Waals surface area contributed by atoms with Crippen LogP contribution in [0.5, 0.6) is 0 Å². The summed E-state index contributed by atoms with van der Waals surface area (Å²) in [5, 5.41) is 16.3. The first-order valence-corrected chi connectivity index (χ1v) is 7.61. The van der Waals surface area contributed by atoms with E-state index in [1.54, 1.807) is 10.7 Å². The molecule has 0 spiro atoms. The monoisotopic (exact) mass is 313 g/mol. The molecule has 1 aliphatic rings. The van der Waals surface area contributed by atoms with E-state index in [1.165, 1.54) is 0 Å². The van der Waals surface area contributed by atoms with Gasteiger partial charge in [0.05, 0.1) is 5.69 Å². The van der Waals surface area contributed by atoms with Crippen LogP contribution in [0, 0.1) is 13.8 Å². The Balaban J connectivity index is 1.84. The summed E-state index contributed by atoms with van der Waals surface area (Å²) in [6.07, 6.45) is 1.74. The molecule has 1 heterocycles. The molecule has 0 unspecified atom stereocenters. The van der Waals surface area contributed by atoms with E-state index in [2.05, 4.69) is 10.4 Å². The van der Waals surface area contributed by atoms with Gasteiger partial charge in [0, 0.05) is 5.69 Å². The van der Waals surface area contributed by atoms with Crippen LogP contribution in [0.15, 0.2) is 30.3 Å². The van der Waals surface area contributed by atoms with Gasteiger partial charge in [0.25, 0.3) is 5.91 Å². The standard InChI is InChI=1S/C17H19N3O3/c1-11-4-6-13(7-5-11)20-12(2)10-14(19-20)15(21)18-17(16(22)23)8-3-9-17/h4-7,10H,3,8-9H2,1-2H3,(H,18,21)(H,22,23). The number of nitrogens with one attached hydrogen (secondary N) is 1. The van der Waals surface area contributed by atoms with Gasteiger partial charge in [-0.15, -0.1) is 0 Å². The van der Waals surface area contributed by atoms with Crippen molar-refractivity contribution in [2.24, 2.45) is 0 Å². The molecule has 0 aliphatic heterocycles. The molecule has 3 rings (SSSR count). The number of aliphatic carboxylic acids is 1. The molecule has 2 aromatic rings. The van der Waals surface area contributed by atoms with E-state index in [0.29, 0.717) is 12.8 Å². The van der Waals surface area contributed by atoms with Crippen molar-refractivity contribution >= 4 is 11.9 Å². The molecule has 0 radical (unpaired) electrons. The Labute approximate surface area is 134 Å². The summed E-state index contributed by atoms with van der Waals surface area (Å²) in [5.74, 6) is -1.42. The first-order chi connectivity index (χ1) is 10.9. The summed E-state index contributed by atoms with van der Waals surface area (Å²) >= 11 is 0. The summed E-state index contributed by atoms with van der Waals surface area (Å²) in [6, 6.07) is 9.49. The third-order valence-electron chi connectivity index (χ3n) is 4.37.